The van der Waals surface area contributed by atoms with Gasteiger partial charge >= 0.3 is 0 Å². The number of aromatic nitrogens is 1. The predicted molar refractivity (Wildman–Crippen MR) is 81.8 cm³/mol. The minimum atomic E-state index is -0.294. The van der Waals surface area contributed by atoms with Gasteiger partial charge in [-0.1, -0.05) is 6.07 Å². The molecule has 2 heterocycles. The van der Waals surface area contributed by atoms with E-state index in [-0.39, 0.29) is 5.82 Å². The molecular formula is C18H11FN2O. The zero-order chi connectivity index (χ0) is 15.4. The Morgan fingerprint density at radius 1 is 1.09 bits per heavy atom. The first-order valence-electron chi connectivity index (χ1n) is 6.65. The lowest BCUT2D eigenvalue weighted by Gasteiger charge is -1.97. The zero-order valence-electron chi connectivity index (χ0n) is 11.5. The molecule has 3 aromatic rings. The van der Waals surface area contributed by atoms with Gasteiger partial charge in [-0.2, -0.15) is 5.26 Å². The Balaban J connectivity index is 1.92. The maximum atomic E-state index is 12.9. The van der Waals surface area contributed by atoms with Crippen LogP contribution in [-0.4, -0.2) is 4.98 Å². The number of nitriles is 1. The molecule has 0 radical (unpaired) electrons. The van der Waals surface area contributed by atoms with Crippen molar-refractivity contribution < 1.29 is 8.81 Å². The van der Waals surface area contributed by atoms with E-state index in [0.29, 0.717) is 22.8 Å². The van der Waals surface area contributed by atoms with Crippen LogP contribution in [0.1, 0.15) is 11.5 Å². The standard InChI is InChI=1S/C18H11FN2O/c19-15-6-4-13(5-7-15)18-9-8-16(22-18)11-14(12-20)17-3-1-2-10-21-17/h1-11H/b14-11+. The monoisotopic (exact) mass is 290 g/mol. The fourth-order valence-corrected chi connectivity index (χ4v) is 2.03. The summed E-state index contributed by atoms with van der Waals surface area (Å²) in [6, 6.07) is 17.1. The van der Waals surface area contributed by atoms with Crippen LogP contribution in [0.5, 0.6) is 0 Å². The van der Waals surface area contributed by atoms with Crippen LogP contribution in [0.25, 0.3) is 23.0 Å². The molecule has 0 fully saturated rings. The van der Waals surface area contributed by atoms with Gasteiger partial charge in [0.15, 0.2) is 0 Å². The summed E-state index contributed by atoms with van der Waals surface area (Å²) in [5.41, 5.74) is 1.78. The van der Waals surface area contributed by atoms with E-state index < -0.39 is 0 Å². The van der Waals surface area contributed by atoms with E-state index in [9.17, 15) is 9.65 Å². The number of rotatable bonds is 3. The summed E-state index contributed by atoms with van der Waals surface area (Å²) in [5.74, 6) is 0.864. The molecule has 0 aliphatic heterocycles. The van der Waals surface area contributed by atoms with Gasteiger partial charge in [0, 0.05) is 17.8 Å². The number of hydrogen-bond donors (Lipinski definition) is 0. The second kappa shape index (κ2) is 6.06. The molecule has 0 amide bonds. The molecule has 0 saturated heterocycles. The summed E-state index contributed by atoms with van der Waals surface area (Å²) in [7, 11) is 0. The summed E-state index contributed by atoms with van der Waals surface area (Å²) in [6.07, 6.45) is 3.27. The highest BCUT2D eigenvalue weighted by Gasteiger charge is 2.06. The summed E-state index contributed by atoms with van der Waals surface area (Å²) in [5, 5.41) is 9.25. The molecule has 1 aromatic carbocycles. The van der Waals surface area contributed by atoms with E-state index in [1.54, 1.807) is 48.7 Å². The van der Waals surface area contributed by atoms with Crippen LogP contribution >= 0.6 is 0 Å². The summed E-state index contributed by atoms with van der Waals surface area (Å²) < 4.78 is 18.6. The Hall–Kier alpha value is -3.19. The smallest absolute Gasteiger partial charge is 0.134 e. The summed E-state index contributed by atoms with van der Waals surface area (Å²) >= 11 is 0. The van der Waals surface area contributed by atoms with Crippen LogP contribution in [0.4, 0.5) is 4.39 Å². The molecule has 3 nitrogen and oxygen atoms in total. The molecule has 0 N–H and O–H groups in total. The molecule has 0 spiro atoms. The van der Waals surface area contributed by atoms with E-state index in [4.69, 9.17) is 4.42 Å². The second-order valence-corrected chi connectivity index (χ2v) is 4.59. The Kier molecular flexibility index (Phi) is 3.80. The van der Waals surface area contributed by atoms with Crippen LogP contribution in [0.15, 0.2) is 65.2 Å². The molecule has 0 aliphatic carbocycles. The lowest BCUT2D eigenvalue weighted by atomic mass is 10.1. The quantitative estimate of drug-likeness (QED) is 0.665. The maximum Gasteiger partial charge on any atom is 0.134 e. The highest BCUT2D eigenvalue weighted by atomic mass is 19.1. The maximum absolute atomic E-state index is 12.9. The fraction of sp³-hybridized carbons (Fsp3) is 0. The number of pyridine rings is 1. The van der Waals surface area contributed by atoms with Crippen molar-refractivity contribution in [2.24, 2.45) is 0 Å². The van der Waals surface area contributed by atoms with E-state index in [2.05, 4.69) is 11.1 Å². The molecule has 0 unspecified atom stereocenters. The van der Waals surface area contributed by atoms with Gasteiger partial charge in [0.2, 0.25) is 0 Å². The van der Waals surface area contributed by atoms with Crippen LogP contribution in [0.3, 0.4) is 0 Å². The van der Waals surface area contributed by atoms with Gasteiger partial charge in [0.1, 0.15) is 23.4 Å². The number of furan rings is 1. The van der Waals surface area contributed by atoms with Crippen molar-refractivity contribution in [2.75, 3.05) is 0 Å². The van der Waals surface area contributed by atoms with Crippen molar-refractivity contribution in [1.82, 2.24) is 4.98 Å². The molecule has 22 heavy (non-hydrogen) atoms. The number of nitrogens with zero attached hydrogens (tertiary/aromatic N) is 2. The Labute approximate surface area is 127 Å². The van der Waals surface area contributed by atoms with Crippen molar-refractivity contribution in [3.8, 4) is 17.4 Å². The highest BCUT2D eigenvalue weighted by molar-refractivity contribution is 5.87. The fourth-order valence-electron chi connectivity index (χ4n) is 2.03. The van der Waals surface area contributed by atoms with Crippen molar-refractivity contribution in [3.63, 3.8) is 0 Å². The summed E-state index contributed by atoms with van der Waals surface area (Å²) in [6.45, 7) is 0. The van der Waals surface area contributed by atoms with Crippen molar-refractivity contribution in [2.45, 2.75) is 0 Å². The van der Waals surface area contributed by atoms with Gasteiger partial charge in [-0.05, 0) is 48.5 Å². The minimum absolute atomic E-state index is 0.294. The van der Waals surface area contributed by atoms with Gasteiger partial charge in [0.25, 0.3) is 0 Å². The van der Waals surface area contributed by atoms with Crippen molar-refractivity contribution in [1.29, 1.82) is 5.26 Å². The lowest BCUT2D eigenvalue weighted by molar-refractivity contribution is 0.571. The molecule has 2 aromatic heterocycles. The van der Waals surface area contributed by atoms with Gasteiger partial charge in [0.05, 0.1) is 11.3 Å². The molecular weight excluding hydrogens is 279 g/mol. The van der Waals surface area contributed by atoms with Crippen molar-refractivity contribution in [3.05, 3.63) is 78.1 Å². The highest BCUT2D eigenvalue weighted by Crippen LogP contribution is 2.24. The van der Waals surface area contributed by atoms with Crippen molar-refractivity contribution >= 4 is 11.6 Å². The van der Waals surface area contributed by atoms with Crippen LogP contribution < -0.4 is 0 Å². The summed E-state index contributed by atoms with van der Waals surface area (Å²) in [4.78, 5) is 4.15. The number of halogens is 1. The molecule has 0 aliphatic rings. The van der Waals surface area contributed by atoms with Gasteiger partial charge in [-0.3, -0.25) is 4.98 Å². The van der Waals surface area contributed by atoms with Gasteiger partial charge in [-0.15, -0.1) is 0 Å². The SMILES string of the molecule is N#C/C(=C\c1ccc(-c2ccc(F)cc2)o1)c1ccccn1. The number of allylic oxidation sites excluding steroid dienone is 1. The van der Waals surface area contributed by atoms with Crippen LogP contribution in [-0.2, 0) is 0 Å². The molecule has 4 heteroatoms. The average Bonchev–Trinajstić information content (AvgIpc) is 3.03. The molecule has 0 bridgehead atoms. The van der Waals surface area contributed by atoms with E-state index in [1.165, 1.54) is 12.1 Å². The second-order valence-electron chi connectivity index (χ2n) is 4.59. The molecule has 0 saturated carbocycles. The Bertz CT molecular complexity index is 843. The average molecular weight is 290 g/mol. The largest absolute Gasteiger partial charge is 0.457 e. The van der Waals surface area contributed by atoms with E-state index in [1.807, 2.05) is 6.07 Å². The lowest BCUT2D eigenvalue weighted by Crippen LogP contribution is -1.85. The third-order valence-corrected chi connectivity index (χ3v) is 3.10. The first-order valence-corrected chi connectivity index (χ1v) is 6.65. The third-order valence-electron chi connectivity index (χ3n) is 3.10. The first-order chi connectivity index (χ1) is 10.8. The molecule has 106 valence electrons. The Morgan fingerprint density at radius 2 is 1.91 bits per heavy atom. The topological polar surface area (TPSA) is 49.8 Å². The number of hydrogen-bond acceptors (Lipinski definition) is 3. The third kappa shape index (κ3) is 2.94. The normalized spacial score (nSPS) is 11.2. The van der Waals surface area contributed by atoms with Gasteiger partial charge < -0.3 is 4.42 Å². The van der Waals surface area contributed by atoms with Gasteiger partial charge in [-0.25, -0.2) is 4.39 Å². The molecule has 3 rings (SSSR count). The predicted octanol–water partition coefficient (Wildman–Crippen LogP) is 4.54. The first kappa shape index (κ1) is 13.8. The molecule has 0 atom stereocenters. The van der Waals surface area contributed by atoms with E-state index in [0.717, 1.165) is 5.56 Å². The van der Waals surface area contributed by atoms with Crippen LogP contribution in [0, 0.1) is 17.1 Å². The number of benzene rings is 1. The Morgan fingerprint density at radius 3 is 2.59 bits per heavy atom. The van der Waals surface area contributed by atoms with Crippen LogP contribution in [0.2, 0.25) is 0 Å². The zero-order valence-corrected chi connectivity index (χ0v) is 11.5. The minimum Gasteiger partial charge on any atom is -0.457 e. The van der Waals surface area contributed by atoms with E-state index >= 15 is 0 Å².